The fourth-order valence-electron chi connectivity index (χ4n) is 0.488. The van der Waals surface area contributed by atoms with E-state index in [0.717, 1.165) is 0 Å². The maximum absolute atomic E-state index is 11.6. The molecule has 2 N–H and O–H groups in total. The van der Waals surface area contributed by atoms with Crippen LogP contribution in [0.25, 0.3) is 0 Å². The first-order valence-corrected chi connectivity index (χ1v) is 2.97. The first-order valence-electron chi connectivity index (χ1n) is 2.97. The number of hydrazine groups is 1. The van der Waals surface area contributed by atoms with E-state index in [1.807, 2.05) is 0 Å². The van der Waals surface area contributed by atoms with E-state index in [9.17, 15) is 18.0 Å². The Bertz CT molecular complexity index is 159. The predicted molar refractivity (Wildman–Crippen MR) is 33.8 cm³/mol. The Morgan fingerprint density at radius 3 is 2.42 bits per heavy atom. The molecule has 72 valence electrons. The van der Waals surface area contributed by atoms with Gasteiger partial charge in [-0.1, -0.05) is 0 Å². The van der Waals surface area contributed by atoms with E-state index in [1.54, 1.807) is 0 Å². The summed E-state index contributed by atoms with van der Waals surface area (Å²) in [4.78, 5) is 10.6. The largest absolute Gasteiger partial charge is 0.407 e. The van der Waals surface area contributed by atoms with Gasteiger partial charge in [0.05, 0.1) is 0 Å². The molecule has 0 saturated carbocycles. The molecule has 0 aliphatic heterocycles. The van der Waals surface area contributed by atoms with Crippen molar-refractivity contribution >= 4 is 5.91 Å². The lowest BCUT2D eigenvalue weighted by Gasteiger charge is -2.17. The number of ether oxygens (including phenoxy) is 1. The van der Waals surface area contributed by atoms with Gasteiger partial charge in [0.25, 0.3) is 5.91 Å². The SMILES string of the molecule is COCC(=O)N(N)CC(F)(F)F. The summed E-state index contributed by atoms with van der Waals surface area (Å²) in [5.74, 6) is 3.87. The molecule has 12 heavy (non-hydrogen) atoms. The Morgan fingerprint density at radius 2 is 2.08 bits per heavy atom. The highest BCUT2D eigenvalue weighted by atomic mass is 19.4. The van der Waals surface area contributed by atoms with Gasteiger partial charge in [-0.05, 0) is 0 Å². The summed E-state index contributed by atoms with van der Waals surface area (Å²) >= 11 is 0. The molecule has 0 fully saturated rings. The molecule has 1 amide bonds. The van der Waals surface area contributed by atoms with Crippen LogP contribution in [0.3, 0.4) is 0 Å². The van der Waals surface area contributed by atoms with Crippen LogP contribution in [0.5, 0.6) is 0 Å². The number of nitrogens with two attached hydrogens (primary N) is 1. The van der Waals surface area contributed by atoms with Crippen LogP contribution in [0.4, 0.5) is 13.2 Å². The lowest BCUT2D eigenvalue weighted by molar-refractivity contribution is -0.163. The van der Waals surface area contributed by atoms with Gasteiger partial charge in [-0.25, -0.2) is 5.84 Å². The highest BCUT2D eigenvalue weighted by molar-refractivity contribution is 5.76. The highest BCUT2D eigenvalue weighted by Crippen LogP contribution is 2.14. The predicted octanol–water partition coefficient (Wildman–Crippen LogP) is -0.103. The topological polar surface area (TPSA) is 55.6 Å². The van der Waals surface area contributed by atoms with Gasteiger partial charge >= 0.3 is 6.18 Å². The minimum atomic E-state index is -4.47. The number of rotatable bonds is 3. The average molecular weight is 186 g/mol. The van der Waals surface area contributed by atoms with Crippen molar-refractivity contribution in [1.29, 1.82) is 0 Å². The van der Waals surface area contributed by atoms with Crippen molar-refractivity contribution in [3.8, 4) is 0 Å². The number of hydrogen-bond donors (Lipinski definition) is 1. The van der Waals surface area contributed by atoms with Crippen LogP contribution in [0, 0.1) is 0 Å². The van der Waals surface area contributed by atoms with Crippen LogP contribution in [0.15, 0.2) is 0 Å². The van der Waals surface area contributed by atoms with Crippen LogP contribution in [0.2, 0.25) is 0 Å². The molecule has 0 spiro atoms. The van der Waals surface area contributed by atoms with E-state index in [1.165, 1.54) is 7.11 Å². The average Bonchev–Trinajstić information content (AvgIpc) is 1.84. The summed E-state index contributed by atoms with van der Waals surface area (Å²) < 4.78 is 39.1. The van der Waals surface area contributed by atoms with E-state index < -0.39 is 25.2 Å². The zero-order valence-electron chi connectivity index (χ0n) is 6.39. The van der Waals surface area contributed by atoms with Crippen molar-refractivity contribution in [2.24, 2.45) is 5.84 Å². The van der Waals surface area contributed by atoms with Gasteiger partial charge in [-0.3, -0.25) is 9.80 Å². The van der Waals surface area contributed by atoms with Crippen LogP contribution in [-0.2, 0) is 9.53 Å². The number of alkyl halides is 3. The fourth-order valence-corrected chi connectivity index (χ4v) is 0.488. The smallest absolute Gasteiger partial charge is 0.375 e. The van der Waals surface area contributed by atoms with Gasteiger partial charge < -0.3 is 4.74 Å². The number of carbonyl (C=O) groups is 1. The fraction of sp³-hybridized carbons (Fsp3) is 0.800. The quantitative estimate of drug-likeness (QED) is 0.380. The van der Waals surface area contributed by atoms with Gasteiger partial charge in [0.1, 0.15) is 13.2 Å². The second-order valence-electron chi connectivity index (χ2n) is 2.07. The number of nitrogens with zero attached hydrogens (tertiary/aromatic N) is 1. The van der Waals surface area contributed by atoms with Crippen molar-refractivity contribution in [3.63, 3.8) is 0 Å². The van der Waals surface area contributed by atoms with Crippen LogP contribution < -0.4 is 5.84 Å². The maximum atomic E-state index is 11.6. The minimum Gasteiger partial charge on any atom is -0.375 e. The molecular weight excluding hydrogens is 177 g/mol. The summed E-state index contributed by atoms with van der Waals surface area (Å²) in [5.41, 5.74) is 0. The molecule has 0 aromatic rings. The molecule has 4 nitrogen and oxygen atoms in total. The zero-order chi connectivity index (χ0) is 9.78. The molecule has 0 radical (unpaired) electrons. The molecular formula is C5H9F3N2O2. The summed E-state index contributed by atoms with van der Waals surface area (Å²) in [7, 11) is 1.19. The van der Waals surface area contributed by atoms with E-state index in [2.05, 4.69) is 4.74 Å². The molecule has 7 heteroatoms. The monoisotopic (exact) mass is 186 g/mol. The van der Waals surface area contributed by atoms with Gasteiger partial charge in [0, 0.05) is 7.11 Å². The van der Waals surface area contributed by atoms with Gasteiger partial charge in [0.2, 0.25) is 0 Å². The second kappa shape index (κ2) is 4.27. The van der Waals surface area contributed by atoms with Crippen molar-refractivity contribution in [2.45, 2.75) is 6.18 Å². The number of hydrogen-bond acceptors (Lipinski definition) is 3. The Hall–Kier alpha value is -0.820. The number of methoxy groups -OCH3 is 1. The van der Waals surface area contributed by atoms with E-state index >= 15 is 0 Å². The molecule has 0 aromatic heterocycles. The van der Waals surface area contributed by atoms with Crippen molar-refractivity contribution in [2.75, 3.05) is 20.3 Å². The standard InChI is InChI=1S/C5H9F3N2O2/c1-12-2-4(11)10(9)3-5(6,7)8/h2-3,9H2,1H3. The third-order valence-corrected chi connectivity index (χ3v) is 0.938. The Balaban J connectivity index is 3.87. The second-order valence-corrected chi connectivity index (χ2v) is 2.07. The molecule has 0 bridgehead atoms. The highest BCUT2D eigenvalue weighted by Gasteiger charge is 2.31. The minimum absolute atomic E-state index is 0.0729. The van der Waals surface area contributed by atoms with Crippen molar-refractivity contribution < 1.29 is 22.7 Å². The first kappa shape index (κ1) is 11.2. The first-order chi connectivity index (χ1) is 5.37. The van der Waals surface area contributed by atoms with Crippen LogP contribution >= 0.6 is 0 Å². The van der Waals surface area contributed by atoms with Crippen LogP contribution in [-0.4, -0.2) is 37.4 Å². The van der Waals surface area contributed by atoms with Crippen molar-refractivity contribution in [1.82, 2.24) is 5.01 Å². The third kappa shape index (κ3) is 4.91. The molecule has 0 aliphatic carbocycles. The molecule has 0 aromatic carbocycles. The summed E-state index contributed by atoms with van der Waals surface area (Å²) in [6.07, 6.45) is -4.47. The van der Waals surface area contributed by atoms with Crippen molar-refractivity contribution in [3.05, 3.63) is 0 Å². The lowest BCUT2D eigenvalue weighted by atomic mass is 10.5. The molecule has 0 rings (SSSR count). The Morgan fingerprint density at radius 1 is 1.58 bits per heavy atom. The number of amides is 1. The number of halogens is 3. The van der Waals surface area contributed by atoms with E-state index in [0.29, 0.717) is 0 Å². The molecule has 0 heterocycles. The maximum Gasteiger partial charge on any atom is 0.407 e. The molecule has 0 saturated heterocycles. The van der Waals surface area contributed by atoms with E-state index in [4.69, 9.17) is 5.84 Å². The summed E-state index contributed by atoms with van der Waals surface area (Å²) in [6, 6.07) is 0. The summed E-state index contributed by atoms with van der Waals surface area (Å²) in [6.45, 7) is -1.91. The third-order valence-electron chi connectivity index (χ3n) is 0.938. The Kier molecular flexibility index (Phi) is 3.98. The lowest BCUT2D eigenvalue weighted by Crippen LogP contribution is -2.45. The normalized spacial score (nSPS) is 11.4. The van der Waals surface area contributed by atoms with Gasteiger partial charge in [-0.2, -0.15) is 13.2 Å². The Labute approximate surface area is 67.0 Å². The number of carbonyl (C=O) groups excluding carboxylic acids is 1. The molecule has 0 aliphatic rings. The van der Waals surface area contributed by atoms with E-state index in [-0.39, 0.29) is 5.01 Å². The molecule has 0 atom stereocenters. The van der Waals surface area contributed by atoms with Gasteiger partial charge in [0.15, 0.2) is 0 Å². The van der Waals surface area contributed by atoms with Gasteiger partial charge in [-0.15, -0.1) is 0 Å². The summed E-state index contributed by atoms with van der Waals surface area (Å²) in [5, 5.41) is 0.0729. The molecule has 0 unspecified atom stereocenters. The van der Waals surface area contributed by atoms with Crippen LogP contribution in [0.1, 0.15) is 0 Å². The zero-order valence-corrected chi connectivity index (χ0v) is 6.39.